The predicted molar refractivity (Wildman–Crippen MR) is 70.1 cm³/mol. The van der Waals surface area contributed by atoms with Crippen LogP contribution in [0.3, 0.4) is 0 Å². The smallest absolute Gasteiger partial charge is 0.291 e. The number of nitrogens with one attached hydrogen (secondary N) is 2. The number of rotatable bonds is 3. The minimum absolute atomic E-state index is 0.00651. The van der Waals surface area contributed by atoms with Crippen LogP contribution in [-0.2, 0) is 0 Å². The molecule has 0 saturated heterocycles. The minimum atomic E-state index is -0.682. The van der Waals surface area contributed by atoms with Gasteiger partial charge in [-0.3, -0.25) is 20.0 Å². The van der Waals surface area contributed by atoms with Gasteiger partial charge in [-0.2, -0.15) is 0 Å². The van der Waals surface area contributed by atoms with Crippen LogP contribution < -0.4 is 5.56 Å². The summed E-state index contributed by atoms with van der Waals surface area (Å²) >= 11 is 5.66. The summed E-state index contributed by atoms with van der Waals surface area (Å²) in [6.07, 6.45) is 0. The number of nitro benzene ring substituents is 1. The first-order chi connectivity index (χ1) is 9.40. The molecule has 0 spiro atoms. The highest BCUT2D eigenvalue weighted by molar-refractivity contribution is 6.32. The molecule has 0 aliphatic heterocycles. The predicted octanol–water partition coefficient (Wildman–Crippen LogP) is 2.69. The molecule has 1 aromatic carbocycles. The topological polar surface area (TPSA) is 137 Å². The zero-order valence-corrected chi connectivity index (χ0v) is 10.8. The summed E-state index contributed by atoms with van der Waals surface area (Å²) in [5, 5.41) is 32.2. The highest BCUT2D eigenvalue weighted by Crippen LogP contribution is 2.38. The third-order valence-corrected chi connectivity index (χ3v) is 2.72. The van der Waals surface area contributed by atoms with E-state index in [2.05, 4.69) is 20.4 Å². The van der Waals surface area contributed by atoms with Gasteiger partial charge >= 0.3 is 0 Å². The van der Waals surface area contributed by atoms with Crippen LogP contribution in [0.5, 0.6) is 5.75 Å². The second-order valence-corrected chi connectivity index (χ2v) is 4.21. The molecule has 0 saturated carbocycles. The Labute approximate surface area is 116 Å². The fourth-order valence-corrected chi connectivity index (χ4v) is 1.62. The summed E-state index contributed by atoms with van der Waals surface area (Å²) in [5.74, 6) is -0.453. The number of aromatic amines is 2. The van der Waals surface area contributed by atoms with Gasteiger partial charge in [0.05, 0.1) is 15.6 Å². The lowest BCUT2D eigenvalue weighted by Gasteiger charge is -2.00. The van der Waals surface area contributed by atoms with Crippen molar-refractivity contribution in [2.75, 3.05) is 0 Å². The zero-order chi connectivity index (χ0) is 14.9. The number of phenolic OH excluding ortho intramolecular Hbond substituents is 1. The molecule has 2 rings (SSSR count). The van der Waals surface area contributed by atoms with E-state index in [1.165, 1.54) is 0 Å². The lowest BCUT2D eigenvalue weighted by Crippen LogP contribution is -1.96. The molecule has 3 N–H and O–H groups in total. The molecule has 20 heavy (non-hydrogen) atoms. The number of benzene rings is 1. The molecule has 0 atom stereocenters. The van der Waals surface area contributed by atoms with E-state index in [1.807, 2.05) is 0 Å². The van der Waals surface area contributed by atoms with Crippen molar-refractivity contribution in [3.63, 3.8) is 0 Å². The van der Waals surface area contributed by atoms with Gasteiger partial charge in [-0.05, 0) is 6.92 Å². The van der Waals surface area contributed by atoms with E-state index in [-0.39, 0.29) is 22.1 Å². The summed E-state index contributed by atoms with van der Waals surface area (Å²) < 4.78 is 0. The standard InChI is InChI=1S/C10H8ClN5O4/c1-4-8(10(18)15-12-4)14-13-7-3-5(16(19)20)2-6(11)9(7)17/h2-3,17H,1H3,(H2,12,15,18). The van der Waals surface area contributed by atoms with E-state index in [1.54, 1.807) is 6.92 Å². The average Bonchev–Trinajstić information content (AvgIpc) is 2.70. The first-order valence-corrected chi connectivity index (χ1v) is 5.64. The van der Waals surface area contributed by atoms with Crippen LogP contribution in [0, 0.1) is 17.0 Å². The van der Waals surface area contributed by atoms with Gasteiger partial charge in [0.25, 0.3) is 11.2 Å². The fourth-order valence-electron chi connectivity index (χ4n) is 1.42. The molecule has 0 amide bonds. The summed E-state index contributed by atoms with van der Waals surface area (Å²) in [6, 6.07) is 1.99. The second kappa shape index (κ2) is 5.13. The van der Waals surface area contributed by atoms with Crippen LogP contribution in [-0.4, -0.2) is 20.2 Å². The van der Waals surface area contributed by atoms with Crippen LogP contribution in [0.15, 0.2) is 27.2 Å². The lowest BCUT2D eigenvalue weighted by molar-refractivity contribution is -0.384. The number of H-pyrrole nitrogens is 2. The number of aromatic hydroxyl groups is 1. The molecule has 0 aliphatic rings. The number of nitrogens with zero attached hydrogens (tertiary/aromatic N) is 3. The van der Waals surface area contributed by atoms with Crippen LogP contribution in [0.25, 0.3) is 0 Å². The van der Waals surface area contributed by atoms with Crippen LogP contribution in [0.4, 0.5) is 17.1 Å². The molecule has 1 aromatic heterocycles. The highest BCUT2D eigenvalue weighted by atomic mass is 35.5. The van der Waals surface area contributed by atoms with Gasteiger partial charge < -0.3 is 10.2 Å². The molecule has 0 bridgehead atoms. The number of phenols is 1. The molecule has 0 fully saturated rings. The third-order valence-electron chi connectivity index (χ3n) is 2.43. The van der Waals surface area contributed by atoms with Crippen LogP contribution in [0.2, 0.25) is 5.02 Å². The molecular weight excluding hydrogens is 290 g/mol. The largest absolute Gasteiger partial charge is 0.504 e. The van der Waals surface area contributed by atoms with Crippen molar-refractivity contribution in [2.24, 2.45) is 10.2 Å². The maximum absolute atomic E-state index is 11.4. The molecule has 2 aromatic rings. The van der Waals surface area contributed by atoms with Gasteiger partial charge in [0, 0.05) is 12.1 Å². The molecule has 104 valence electrons. The Morgan fingerprint density at radius 2 is 2.05 bits per heavy atom. The fraction of sp³-hybridized carbons (Fsp3) is 0.100. The Hall–Kier alpha value is -2.68. The zero-order valence-electron chi connectivity index (χ0n) is 10.0. The Morgan fingerprint density at radius 1 is 1.35 bits per heavy atom. The Balaban J connectivity index is 2.48. The summed E-state index contributed by atoms with van der Waals surface area (Å²) in [5.41, 5.74) is -0.602. The van der Waals surface area contributed by atoms with Crippen molar-refractivity contribution >= 4 is 28.7 Å². The van der Waals surface area contributed by atoms with Crippen molar-refractivity contribution in [1.82, 2.24) is 10.2 Å². The van der Waals surface area contributed by atoms with Crippen LogP contribution in [0.1, 0.15) is 5.69 Å². The lowest BCUT2D eigenvalue weighted by atomic mass is 10.2. The van der Waals surface area contributed by atoms with Crippen molar-refractivity contribution in [3.05, 3.63) is 43.3 Å². The summed E-state index contributed by atoms with van der Waals surface area (Å²) in [4.78, 5) is 21.4. The number of aryl methyl sites for hydroxylation is 1. The normalized spacial score (nSPS) is 11.1. The van der Waals surface area contributed by atoms with E-state index in [4.69, 9.17) is 11.6 Å². The van der Waals surface area contributed by atoms with Gasteiger partial charge in [0.15, 0.2) is 11.4 Å². The molecule has 0 aliphatic carbocycles. The van der Waals surface area contributed by atoms with Crippen molar-refractivity contribution in [2.45, 2.75) is 6.92 Å². The second-order valence-electron chi connectivity index (χ2n) is 3.81. The third kappa shape index (κ3) is 2.52. The van der Waals surface area contributed by atoms with Crippen molar-refractivity contribution < 1.29 is 10.0 Å². The molecule has 9 nitrogen and oxygen atoms in total. The van der Waals surface area contributed by atoms with Gasteiger partial charge in [0.1, 0.15) is 5.69 Å². The first kappa shape index (κ1) is 13.7. The number of azo groups is 1. The highest BCUT2D eigenvalue weighted by Gasteiger charge is 2.15. The minimum Gasteiger partial charge on any atom is -0.504 e. The van der Waals surface area contributed by atoms with Crippen LogP contribution >= 0.6 is 11.6 Å². The monoisotopic (exact) mass is 297 g/mol. The SMILES string of the molecule is Cc1[nH][nH]c(=O)c1N=Nc1cc([N+](=O)[O-])cc(Cl)c1O. The van der Waals surface area contributed by atoms with Gasteiger partial charge in [-0.15, -0.1) is 10.2 Å². The number of nitro groups is 1. The molecule has 1 heterocycles. The Bertz CT molecular complexity index is 763. The van der Waals surface area contributed by atoms with E-state index >= 15 is 0 Å². The summed E-state index contributed by atoms with van der Waals surface area (Å²) in [6.45, 7) is 1.59. The van der Waals surface area contributed by atoms with Gasteiger partial charge in [-0.25, -0.2) is 0 Å². The first-order valence-electron chi connectivity index (χ1n) is 5.26. The maximum atomic E-state index is 11.4. The van der Waals surface area contributed by atoms with E-state index in [0.29, 0.717) is 5.69 Å². The van der Waals surface area contributed by atoms with Gasteiger partial charge in [-0.1, -0.05) is 11.6 Å². The Kier molecular flexibility index (Phi) is 3.53. The number of non-ortho nitro benzene ring substituents is 1. The van der Waals surface area contributed by atoms with Crippen molar-refractivity contribution in [3.8, 4) is 5.75 Å². The molecule has 10 heteroatoms. The summed E-state index contributed by atoms with van der Waals surface area (Å²) in [7, 11) is 0. The van der Waals surface area contributed by atoms with E-state index < -0.39 is 16.2 Å². The van der Waals surface area contributed by atoms with E-state index in [0.717, 1.165) is 12.1 Å². The number of hydrogen-bond acceptors (Lipinski definition) is 6. The van der Waals surface area contributed by atoms with E-state index in [9.17, 15) is 20.0 Å². The number of halogens is 1. The van der Waals surface area contributed by atoms with Crippen molar-refractivity contribution in [1.29, 1.82) is 0 Å². The Morgan fingerprint density at radius 3 is 2.60 bits per heavy atom. The molecule has 0 radical (unpaired) electrons. The number of aromatic nitrogens is 2. The average molecular weight is 298 g/mol. The quantitative estimate of drug-likeness (QED) is 0.455. The number of hydrogen-bond donors (Lipinski definition) is 3. The molecular formula is C10H8ClN5O4. The van der Waals surface area contributed by atoms with Gasteiger partial charge in [0.2, 0.25) is 0 Å². The molecule has 0 unspecified atom stereocenters. The maximum Gasteiger partial charge on any atom is 0.291 e.